The molecule has 0 spiro atoms. The van der Waals surface area contributed by atoms with Crippen LogP contribution in [0.5, 0.6) is 0 Å². The molecule has 3 aromatic rings. The van der Waals surface area contributed by atoms with Crippen LogP contribution >= 0.6 is 0 Å². The summed E-state index contributed by atoms with van der Waals surface area (Å²) in [7, 11) is 4.10. The average Bonchev–Trinajstić information content (AvgIpc) is 2.80. The molecule has 4 heteroatoms. The van der Waals surface area contributed by atoms with E-state index in [4.69, 9.17) is 0 Å². The monoisotopic (exact) mass is 399 g/mol. The Labute approximate surface area is 179 Å². The van der Waals surface area contributed by atoms with Crippen molar-refractivity contribution in [2.24, 2.45) is 0 Å². The summed E-state index contributed by atoms with van der Waals surface area (Å²) >= 11 is 0. The molecule has 30 heavy (non-hydrogen) atoms. The summed E-state index contributed by atoms with van der Waals surface area (Å²) in [6.45, 7) is 2.47. The molecule has 1 atom stereocenters. The highest BCUT2D eigenvalue weighted by molar-refractivity contribution is 5.94. The van der Waals surface area contributed by atoms with E-state index in [1.807, 2.05) is 44.4 Å². The second-order valence-corrected chi connectivity index (χ2v) is 8.07. The van der Waals surface area contributed by atoms with Gasteiger partial charge in [0.05, 0.1) is 6.04 Å². The first-order valence-corrected chi connectivity index (χ1v) is 10.5. The Morgan fingerprint density at radius 1 is 0.933 bits per heavy atom. The van der Waals surface area contributed by atoms with Crippen molar-refractivity contribution in [2.45, 2.75) is 19.0 Å². The van der Waals surface area contributed by atoms with E-state index in [0.717, 1.165) is 19.5 Å². The van der Waals surface area contributed by atoms with Crippen molar-refractivity contribution in [3.63, 3.8) is 0 Å². The molecule has 1 heterocycles. The number of nitrogens with zero attached hydrogens (tertiary/aromatic N) is 2. The van der Waals surface area contributed by atoms with Gasteiger partial charge in [-0.15, -0.1) is 0 Å². The smallest absolute Gasteiger partial charge is 0.251 e. The Morgan fingerprint density at radius 3 is 2.30 bits per heavy atom. The highest BCUT2D eigenvalue weighted by Gasteiger charge is 2.25. The number of hydrogen-bond donors (Lipinski definition) is 1. The zero-order chi connectivity index (χ0) is 20.9. The van der Waals surface area contributed by atoms with Gasteiger partial charge in [-0.1, -0.05) is 54.6 Å². The SMILES string of the molecule is CN(C)c1ccc([C@H](CNC(=O)c2ccccc2)N2CCc3ccccc3C2)cc1. The standard InChI is InChI=1S/C26H29N3O/c1-28(2)24-14-12-21(13-15-24)25(18-27-26(30)22-9-4-3-5-10-22)29-17-16-20-8-6-7-11-23(20)19-29/h3-15,25H,16-19H2,1-2H3,(H,27,30)/t25-/m0/s1. The minimum atomic E-state index is -0.0251. The number of nitrogens with one attached hydrogen (secondary N) is 1. The summed E-state index contributed by atoms with van der Waals surface area (Å²) in [5.41, 5.74) is 5.92. The third-order valence-electron chi connectivity index (χ3n) is 5.89. The van der Waals surface area contributed by atoms with Crippen molar-refractivity contribution in [3.8, 4) is 0 Å². The number of benzene rings is 3. The second kappa shape index (κ2) is 9.14. The first-order valence-electron chi connectivity index (χ1n) is 10.5. The summed E-state index contributed by atoms with van der Waals surface area (Å²) in [6.07, 6.45) is 1.04. The van der Waals surface area contributed by atoms with Crippen molar-refractivity contribution in [1.82, 2.24) is 10.2 Å². The molecule has 3 aromatic carbocycles. The molecule has 1 N–H and O–H groups in total. The van der Waals surface area contributed by atoms with Crippen molar-refractivity contribution < 1.29 is 4.79 Å². The van der Waals surface area contributed by atoms with Crippen LogP contribution in [0.1, 0.15) is 33.1 Å². The molecule has 1 aliphatic rings. The van der Waals surface area contributed by atoms with Gasteiger partial charge in [0.1, 0.15) is 0 Å². The van der Waals surface area contributed by atoms with Crippen LogP contribution in [0.4, 0.5) is 5.69 Å². The van der Waals surface area contributed by atoms with Gasteiger partial charge in [0, 0.05) is 45.0 Å². The molecular formula is C26H29N3O. The molecule has 0 saturated heterocycles. The van der Waals surface area contributed by atoms with E-state index in [1.54, 1.807) is 0 Å². The Morgan fingerprint density at radius 2 is 1.60 bits per heavy atom. The number of carbonyl (C=O) groups is 1. The largest absolute Gasteiger partial charge is 0.378 e. The maximum atomic E-state index is 12.7. The number of hydrogen-bond acceptors (Lipinski definition) is 3. The third kappa shape index (κ3) is 4.55. The summed E-state index contributed by atoms with van der Waals surface area (Å²) < 4.78 is 0. The maximum absolute atomic E-state index is 12.7. The molecule has 4 rings (SSSR count). The van der Waals surface area contributed by atoms with Crippen LogP contribution in [0.25, 0.3) is 0 Å². The van der Waals surface area contributed by atoms with Gasteiger partial charge in [-0.05, 0) is 47.4 Å². The van der Waals surface area contributed by atoms with Crippen LogP contribution in [0, 0.1) is 0 Å². The Balaban J connectivity index is 1.56. The van der Waals surface area contributed by atoms with E-state index < -0.39 is 0 Å². The fourth-order valence-corrected chi connectivity index (χ4v) is 4.12. The molecule has 1 aliphatic heterocycles. The van der Waals surface area contributed by atoms with Gasteiger partial charge in [0.15, 0.2) is 0 Å². The van der Waals surface area contributed by atoms with Gasteiger partial charge in [0.2, 0.25) is 0 Å². The topological polar surface area (TPSA) is 35.6 Å². The maximum Gasteiger partial charge on any atom is 0.251 e. The van der Waals surface area contributed by atoms with E-state index >= 15 is 0 Å². The number of carbonyl (C=O) groups excluding carboxylic acids is 1. The van der Waals surface area contributed by atoms with Gasteiger partial charge in [-0.25, -0.2) is 0 Å². The van der Waals surface area contributed by atoms with Gasteiger partial charge >= 0.3 is 0 Å². The zero-order valence-electron chi connectivity index (χ0n) is 17.7. The van der Waals surface area contributed by atoms with E-state index in [0.29, 0.717) is 12.1 Å². The first-order chi connectivity index (χ1) is 14.6. The van der Waals surface area contributed by atoms with Crippen LogP contribution in [0.2, 0.25) is 0 Å². The molecule has 0 fully saturated rings. The Kier molecular flexibility index (Phi) is 6.15. The van der Waals surface area contributed by atoms with Crippen LogP contribution in [0.3, 0.4) is 0 Å². The molecule has 0 aromatic heterocycles. The minimum Gasteiger partial charge on any atom is -0.378 e. The molecule has 0 aliphatic carbocycles. The average molecular weight is 400 g/mol. The van der Waals surface area contributed by atoms with Gasteiger partial charge < -0.3 is 10.2 Å². The van der Waals surface area contributed by atoms with Gasteiger partial charge in [-0.2, -0.15) is 0 Å². The minimum absolute atomic E-state index is 0.0251. The third-order valence-corrected chi connectivity index (χ3v) is 5.89. The van der Waals surface area contributed by atoms with Crippen molar-refractivity contribution >= 4 is 11.6 Å². The molecule has 154 valence electrons. The lowest BCUT2D eigenvalue weighted by atomic mass is 9.96. The first kappa shape index (κ1) is 20.2. The lowest BCUT2D eigenvalue weighted by molar-refractivity contribution is 0.0927. The molecule has 0 bridgehead atoms. The molecule has 0 unspecified atom stereocenters. The van der Waals surface area contributed by atoms with Crippen LogP contribution in [0.15, 0.2) is 78.9 Å². The number of fused-ring (bicyclic) bond motifs is 1. The lowest BCUT2D eigenvalue weighted by Gasteiger charge is -2.36. The van der Waals surface area contributed by atoms with Crippen LogP contribution in [-0.2, 0) is 13.0 Å². The highest BCUT2D eigenvalue weighted by atomic mass is 16.1. The van der Waals surface area contributed by atoms with Crippen LogP contribution in [-0.4, -0.2) is 38.0 Å². The van der Waals surface area contributed by atoms with E-state index in [2.05, 4.69) is 63.6 Å². The lowest BCUT2D eigenvalue weighted by Crippen LogP contribution is -2.40. The molecule has 4 nitrogen and oxygen atoms in total. The quantitative estimate of drug-likeness (QED) is 0.672. The number of anilines is 1. The van der Waals surface area contributed by atoms with Gasteiger partial charge in [0.25, 0.3) is 5.91 Å². The zero-order valence-corrected chi connectivity index (χ0v) is 17.7. The molecule has 0 radical (unpaired) electrons. The van der Waals surface area contributed by atoms with E-state index in [1.165, 1.54) is 22.4 Å². The fourth-order valence-electron chi connectivity index (χ4n) is 4.12. The predicted molar refractivity (Wildman–Crippen MR) is 123 cm³/mol. The molecule has 0 saturated carbocycles. The fraction of sp³-hybridized carbons (Fsp3) is 0.269. The normalized spacial score (nSPS) is 14.6. The summed E-state index contributed by atoms with van der Waals surface area (Å²) in [5.74, 6) is -0.0251. The summed E-state index contributed by atoms with van der Waals surface area (Å²) in [4.78, 5) is 17.3. The van der Waals surface area contributed by atoms with E-state index in [-0.39, 0.29) is 11.9 Å². The summed E-state index contributed by atoms with van der Waals surface area (Å²) in [6, 6.07) is 26.9. The van der Waals surface area contributed by atoms with E-state index in [9.17, 15) is 4.79 Å². The van der Waals surface area contributed by atoms with Gasteiger partial charge in [-0.3, -0.25) is 9.69 Å². The van der Waals surface area contributed by atoms with Crippen molar-refractivity contribution in [3.05, 3.63) is 101 Å². The predicted octanol–water partition coefficient (Wildman–Crippen LogP) is 4.28. The van der Waals surface area contributed by atoms with Crippen molar-refractivity contribution in [1.29, 1.82) is 0 Å². The molecule has 1 amide bonds. The second-order valence-electron chi connectivity index (χ2n) is 8.07. The summed E-state index contributed by atoms with van der Waals surface area (Å²) in [5, 5.41) is 3.17. The molecular weight excluding hydrogens is 370 g/mol. The number of rotatable bonds is 6. The van der Waals surface area contributed by atoms with Crippen molar-refractivity contribution in [2.75, 3.05) is 32.1 Å². The number of amides is 1. The van der Waals surface area contributed by atoms with Crippen LogP contribution < -0.4 is 10.2 Å². The highest BCUT2D eigenvalue weighted by Crippen LogP contribution is 2.28. The Hall–Kier alpha value is -3.11. The Bertz CT molecular complexity index is 983.